The molecule has 8 N–H and O–H groups in total. The number of hydrogen-bond acceptors (Lipinski definition) is 9. The van der Waals surface area contributed by atoms with Crippen molar-refractivity contribution in [1.29, 1.82) is 0 Å². The fraction of sp³-hybridized carbons (Fsp3) is 0.769. The second-order valence-corrected chi connectivity index (χ2v) is 5.36. The highest BCUT2D eigenvalue weighted by atomic mass is 19.2. The Hall–Kier alpha value is -1.53. The Morgan fingerprint density at radius 1 is 1.54 bits per heavy atom. The Labute approximate surface area is 137 Å². The van der Waals surface area contributed by atoms with E-state index in [1.54, 1.807) is 0 Å². The van der Waals surface area contributed by atoms with Gasteiger partial charge in [-0.05, 0) is 6.92 Å². The van der Waals surface area contributed by atoms with Gasteiger partial charge in [-0.2, -0.15) is 4.39 Å². The molecular formula is C13H23F2N3O6. The van der Waals surface area contributed by atoms with Crippen molar-refractivity contribution in [3.8, 4) is 0 Å². The Balaban J connectivity index is 3.22. The van der Waals surface area contributed by atoms with Gasteiger partial charge in [0, 0.05) is 0 Å². The number of aliphatic hydroxyl groups excluding tert-OH is 3. The average molecular weight is 355 g/mol. The van der Waals surface area contributed by atoms with Gasteiger partial charge in [0.1, 0.15) is 18.3 Å². The van der Waals surface area contributed by atoms with Gasteiger partial charge in [0.15, 0.2) is 6.17 Å². The molecule has 1 aliphatic rings. The molecule has 0 amide bonds. The van der Waals surface area contributed by atoms with Crippen LogP contribution in [0.15, 0.2) is 12.4 Å². The largest absolute Gasteiger partial charge is 0.462 e. The van der Waals surface area contributed by atoms with Crippen LogP contribution in [0.2, 0.25) is 0 Å². The summed E-state index contributed by atoms with van der Waals surface area (Å²) in [5.41, 5.74) is 11.1. The summed E-state index contributed by atoms with van der Waals surface area (Å²) in [6, 6.07) is -3.05. The molecule has 11 heteroatoms. The predicted molar refractivity (Wildman–Crippen MR) is 77.6 cm³/mol. The minimum Gasteiger partial charge on any atom is -0.462 e. The number of carbonyl (C=O) groups excluding carboxylic acids is 1. The maximum Gasteiger partial charge on any atom is 0.375 e. The van der Waals surface area contributed by atoms with Gasteiger partial charge in [-0.25, -0.2) is 9.18 Å². The number of nitrogens with one attached hydrogen (secondary N) is 1. The average Bonchev–Trinajstić information content (AvgIpc) is 2.53. The van der Waals surface area contributed by atoms with E-state index in [2.05, 4.69) is 16.6 Å². The lowest BCUT2D eigenvalue weighted by atomic mass is 9.86. The lowest BCUT2D eigenvalue weighted by Crippen LogP contribution is -2.73. The van der Waals surface area contributed by atoms with Crippen LogP contribution < -0.4 is 16.8 Å². The molecule has 140 valence electrons. The number of nitrogens with two attached hydrogens (primary N) is 2. The minimum atomic E-state index is -3.60. The van der Waals surface area contributed by atoms with Crippen LogP contribution in [0, 0.1) is 0 Å². The molecule has 1 heterocycles. The first-order chi connectivity index (χ1) is 11.1. The quantitative estimate of drug-likeness (QED) is 0.269. The summed E-state index contributed by atoms with van der Waals surface area (Å²) in [4.78, 5) is 11.8. The molecule has 0 radical (unpaired) electrons. The molecule has 0 aromatic heterocycles. The van der Waals surface area contributed by atoms with Crippen LogP contribution in [0.25, 0.3) is 0 Å². The summed E-state index contributed by atoms with van der Waals surface area (Å²) < 4.78 is 38.7. The summed E-state index contributed by atoms with van der Waals surface area (Å²) in [6.07, 6.45) is -8.05. The topological polar surface area (TPSA) is 160 Å². The van der Waals surface area contributed by atoms with Crippen molar-refractivity contribution >= 4 is 5.97 Å². The third kappa shape index (κ3) is 3.92. The number of hydrogen-bond donors (Lipinski definition) is 6. The Kier molecular flexibility index (Phi) is 6.86. The fourth-order valence-corrected chi connectivity index (χ4v) is 2.37. The van der Waals surface area contributed by atoms with Crippen molar-refractivity contribution in [2.24, 2.45) is 11.5 Å². The summed E-state index contributed by atoms with van der Waals surface area (Å²) in [5, 5.41) is 30.6. The second-order valence-electron chi connectivity index (χ2n) is 5.36. The monoisotopic (exact) mass is 355 g/mol. The van der Waals surface area contributed by atoms with Crippen LogP contribution in [0.1, 0.15) is 6.92 Å². The molecular weight excluding hydrogens is 332 g/mol. The molecule has 0 aromatic rings. The van der Waals surface area contributed by atoms with Crippen LogP contribution >= 0.6 is 0 Å². The molecule has 1 fully saturated rings. The zero-order valence-electron chi connectivity index (χ0n) is 13.1. The van der Waals surface area contributed by atoms with E-state index < -0.39 is 55.0 Å². The van der Waals surface area contributed by atoms with Crippen LogP contribution in [0.5, 0.6) is 0 Å². The lowest BCUT2D eigenvalue weighted by molar-refractivity contribution is -0.278. The molecule has 6 unspecified atom stereocenters. The van der Waals surface area contributed by atoms with Gasteiger partial charge in [0.05, 0.1) is 31.1 Å². The fourth-order valence-electron chi connectivity index (χ4n) is 2.37. The highest BCUT2D eigenvalue weighted by molar-refractivity contribution is 5.79. The van der Waals surface area contributed by atoms with Gasteiger partial charge >= 0.3 is 11.8 Å². The number of alkyl halides is 2. The zero-order valence-corrected chi connectivity index (χ0v) is 13.1. The maximum absolute atomic E-state index is 14.9. The van der Waals surface area contributed by atoms with Crippen molar-refractivity contribution in [1.82, 2.24) is 5.32 Å². The standard InChI is InChI=1S/C13H23F2N3O6/c1-3-23-12(22)13(15)11(14)8(18-5(2)16)7(17)10(24-13)9(21)6(20)4-19/h6-11,18-21H,2-4,16-17H2,1H3/t6-,7?,8?,9?,10?,11?,13?/m1/s1. The molecule has 0 saturated carbocycles. The molecule has 7 atom stereocenters. The first-order valence-electron chi connectivity index (χ1n) is 7.21. The number of rotatable bonds is 7. The molecule has 1 rings (SSSR count). The van der Waals surface area contributed by atoms with Crippen molar-refractivity contribution < 1.29 is 38.4 Å². The third-order valence-corrected chi connectivity index (χ3v) is 3.60. The number of carbonyl (C=O) groups is 1. The van der Waals surface area contributed by atoms with E-state index in [0.29, 0.717) is 0 Å². The predicted octanol–water partition coefficient (Wildman–Crippen LogP) is -2.62. The first kappa shape index (κ1) is 20.5. The van der Waals surface area contributed by atoms with Crippen LogP contribution in [0.4, 0.5) is 8.78 Å². The van der Waals surface area contributed by atoms with Crippen molar-refractivity contribution in [2.45, 2.75) is 49.3 Å². The van der Waals surface area contributed by atoms with E-state index in [-0.39, 0.29) is 12.4 Å². The van der Waals surface area contributed by atoms with Crippen molar-refractivity contribution in [3.63, 3.8) is 0 Å². The van der Waals surface area contributed by atoms with Gasteiger partial charge in [-0.15, -0.1) is 0 Å². The van der Waals surface area contributed by atoms with E-state index >= 15 is 0 Å². The van der Waals surface area contributed by atoms with E-state index in [4.69, 9.17) is 21.3 Å². The molecule has 0 bridgehead atoms. The molecule has 0 aliphatic carbocycles. The molecule has 24 heavy (non-hydrogen) atoms. The maximum atomic E-state index is 14.9. The van der Waals surface area contributed by atoms with Crippen LogP contribution in [-0.2, 0) is 14.3 Å². The Morgan fingerprint density at radius 2 is 2.12 bits per heavy atom. The number of aliphatic hydroxyl groups is 3. The smallest absolute Gasteiger partial charge is 0.375 e. The van der Waals surface area contributed by atoms with E-state index in [1.165, 1.54) is 6.92 Å². The number of ether oxygens (including phenoxy) is 2. The molecule has 0 aromatic carbocycles. The summed E-state index contributed by atoms with van der Waals surface area (Å²) in [7, 11) is 0. The van der Waals surface area contributed by atoms with E-state index in [1.807, 2.05) is 0 Å². The number of esters is 1. The second kappa shape index (κ2) is 8.03. The van der Waals surface area contributed by atoms with Gasteiger partial charge < -0.3 is 41.6 Å². The van der Waals surface area contributed by atoms with E-state index in [9.17, 15) is 23.8 Å². The summed E-state index contributed by atoms with van der Waals surface area (Å²) in [6.45, 7) is 3.51. The third-order valence-electron chi connectivity index (χ3n) is 3.60. The van der Waals surface area contributed by atoms with Gasteiger partial charge in [0.2, 0.25) is 0 Å². The van der Waals surface area contributed by atoms with Crippen molar-refractivity contribution in [2.75, 3.05) is 13.2 Å². The number of halogens is 2. The highest BCUT2D eigenvalue weighted by Gasteiger charge is 2.62. The SMILES string of the molecule is C=C(N)NC1C(N)C(C(O)[C@H](O)CO)OC(F)(C(=O)OCC)C1F. The van der Waals surface area contributed by atoms with Crippen LogP contribution in [0.3, 0.4) is 0 Å². The Morgan fingerprint density at radius 3 is 2.58 bits per heavy atom. The summed E-state index contributed by atoms with van der Waals surface area (Å²) >= 11 is 0. The molecule has 9 nitrogen and oxygen atoms in total. The van der Waals surface area contributed by atoms with Crippen LogP contribution in [-0.4, -0.2) is 76.9 Å². The first-order valence-corrected chi connectivity index (χ1v) is 7.21. The minimum absolute atomic E-state index is 0.249. The zero-order chi connectivity index (χ0) is 18.7. The normalized spacial score (nSPS) is 35.8. The lowest BCUT2D eigenvalue weighted by Gasteiger charge is -2.46. The van der Waals surface area contributed by atoms with Crippen molar-refractivity contribution in [3.05, 3.63) is 12.4 Å². The summed E-state index contributed by atoms with van der Waals surface area (Å²) in [5.74, 6) is -5.52. The van der Waals surface area contributed by atoms with Gasteiger partial charge in [0.25, 0.3) is 0 Å². The Bertz CT molecular complexity index is 471. The van der Waals surface area contributed by atoms with E-state index in [0.717, 1.165) is 0 Å². The molecule has 1 aliphatic heterocycles. The van der Waals surface area contributed by atoms with Gasteiger partial charge in [-0.3, -0.25) is 0 Å². The molecule has 0 spiro atoms. The molecule has 1 saturated heterocycles. The highest BCUT2D eigenvalue weighted by Crippen LogP contribution is 2.36. The van der Waals surface area contributed by atoms with Gasteiger partial charge in [-0.1, -0.05) is 6.58 Å².